The van der Waals surface area contributed by atoms with Crippen molar-refractivity contribution in [2.24, 2.45) is 5.73 Å². The summed E-state index contributed by atoms with van der Waals surface area (Å²) >= 11 is 3.55. The van der Waals surface area contributed by atoms with Crippen LogP contribution in [-0.4, -0.2) is 0 Å². The van der Waals surface area contributed by atoms with Gasteiger partial charge in [0, 0.05) is 14.6 Å². The first kappa shape index (κ1) is 9.90. The number of hydrogen-bond acceptors (Lipinski definition) is 3. The van der Waals surface area contributed by atoms with Crippen LogP contribution in [0.3, 0.4) is 0 Å². The summed E-state index contributed by atoms with van der Waals surface area (Å²) in [6, 6.07) is 8.54. The fraction of sp³-hybridized carbons (Fsp3) is 0.273. The molecule has 0 aliphatic heterocycles. The summed E-state index contributed by atoms with van der Waals surface area (Å²) in [5.74, 6) is 0. The molecule has 2 rings (SSSR count). The van der Waals surface area contributed by atoms with E-state index in [1.165, 1.54) is 14.6 Å². The van der Waals surface area contributed by atoms with E-state index in [1.54, 1.807) is 11.3 Å². The average Bonchev–Trinajstić information content (AvgIpc) is 2.88. The summed E-state index contributed by atoms with van der Waals surface area (Å²) in [6.45, 7) is 2.17. The summed E-state index contributed by atoms with van der Waals surface area (Å²) in [6.07, 6.45) is 1.10. The Balaban J connectivity index is 2.23. The smallest absolute Gasteiger partial charge is 0.0740 e. The third-order valence-corrected chi connectivity index (χ3v) is 4.46. The van der Waals surface area contributed by atoms with Crippen LogP contribution >= 0.6 is 22.7 Å². The topological polar surface area (TPSA) is 26.0 Å². The maximum atomic E-state index is 6.15. The quantitative estimate of drug-likeness (QED) is 0.847. The lowest BCUT2D eigenvalue weighted by molar-refractivity contribution is 0.917. The fourth-order valence-corrected chi connectivity index (χ4v) is 3.15. The summed E-state index contributed by atoms with van der Waals surface area (Å²) in [4.78, 5) is 3.92. The number of aryl methyl sites for hydroxylation is 1. The molecular formula is C11H13NS2. The van der Waals surface area contributed by atoms with Crippen LogP contribution in [0.5, 0.6) is 0 Å². The Morgan fingerprint density at radius 2 is 2.14 bits per heavy atom. The molecule has 0 amide bonds. The van der Waals surface area contributed by atoms with E-state index < -0.39 is 0 Å². The van der Waals surface area contributed by atoms with E-state index in [1.807, 2.05) is 17.4 Å². The molecular weight excluding hydrogens is 210 g/mol. The van der Waals surface area contributed by atoms with E-state index in [9.17, 15) is 0 Å². The molecule has 0 spiro atoms. The minimum Gasteiger partial charge on any atom is -0.319 e. The predicted octanol–water partition coefficient (Wildman–Crippen LogP) is 3.42. The van der Waals surface area contributed by atoms with Crippen LogP contribution in [-0.2, 0) is 6.42 Å². The SMILES string of the molecule is CCc1ccc([C@H](N)c2cccs2)s1. The summed E-state index contributed by atoms with van der Waals surface area (Å²) in [5, 5.41) is 2.07. The molecule has 1 nitrogen and oxygen atoms in total. The van der Waals surface area contributed by atoms with Crippen molar-refractivity contribution in [3.63, 3.8) is 0 Å². The van der Waals surface area contributed by atoms with Crippen molar-refractivity contribution in [1.82, 2.24) is 0 Å². The molecule has 0 unspecified atom stereocenters. The monoisotopic (exact) mass is 223 g/mol. The second kappa shape index (κ2) is 4.26. The van der Waals surface area contributed by atoms with E-state index in [4.69, 9.17) is 5.73 Å². The highest BCUT2D eigenvalue weighted by molar-refractivity contribution is 7.13. The first-order valence-electron chi connectivity index (χ1n) is 4.69. The standard InChI is InChI=1S/C11H13NS2/c1-2-8-5-6-10(14-8)11(12)9-4-3-7-13-9/h3-7,11H,2,12H2,1H3/t11-/m1/s1. The van der Waals surface area contributed by atoms with Gasteiger partial charge in [0.25, 0.3) is 0 Å². The molecule has 2 aromatic rings. The van der Waals surface area contributed by atoms with Crippen molar-refractivity contribution >= 4 is 22.7 Å². The van der Waals surface area contributed by atoms with Gasteiger partial charge in [0.15, 0.2) is 0 Å². The van der Waals surface area contributed by atoms with Crippen LogP contribution in [0.15, 0.2) is 29.6 Å². The van der Waals surface area contributed by atoms with E-state index in [0.29, 0.717) is 0 Å². The highest BCUT2D eigenvalue weighted by atomic mass is 32.1. The summed E-state index contributed by atoms with van der Waals surface area (Å²) in [5.41, 5.74) is 6.15. The van der Waals surface area contributed by atoms with Crippen molar-refractivity contribution in [2.75, 3.05) is 0 Å². The van der Waals surface area contributed by atoms with Crippen LogP contribution in [0.4, 0.5) is 0 Å². The van der Waals surface area contributed by atoms with Crippen LogP contribution in [0.1, 0.15) is 27.6 Å². The first-order chi connectivity index (χ1) is 6.81. The number of hydrogen-bond donors (Lipinski definition) is 1. The molecule has 0 fully saturated rings. The zero-order valence-electron chi connectivity index (χ0n) is 8.07. The maximum Gasteiger partial charge on any atom is 0.0740 e. The highest BCUT2D eigenvalue weighted by Crippen LogP contribution is 2.29. The molecule has 3 heteroatoms. The molecule has 0 bridgehead atoms. The van der Waals surface area contributed by atoms with Crippen LogP contribution in [0.25, 0.3) is 0 Å². The van der Waals surface area contributed by atoms with Crippen molar-refractivity contribution < 1.29 is 0 Å². The Bertz CT molecular complexity index is 389. The van der Waals surface area contributed by atoms with Gasteiger partial charge >= 0.3 is 0 Å². The molecule has 0 saturated heterocycles. The number of rotatable bonds is 3. The van der Waals surface area contributed by atoms with Gasteiger partial charge in [-0.3, -0.25) is 0 Å². The van der Waals surface area contributed by atoms with Gasteiger partial charge in [0.1, 0.15) is 0 Å². The molecule has 2 heterocycles. The zero-order chi connectivity index (χ0) is 9.97. The van der Waals surface area contributed by atoms with E-state index in [0.717, 1.165) is 6.42 Å². The molecule has 74 valence electrons. The molecule has 2 aromatic heterocycles. The Morgan fingerprint density at radius 1 is 1.29 bits per heavy atom. The van der Waals surface area contributed by atoms with Gasteiger partial charge in [-0.25, -0.2) is 0 Å². The second-order valence-corrected chi connectivity index (χ2v) is 5.33. The molecule has 0 saturated carbocycles. The Morgan fingerprint density at radius 3 is 2.71 bits per heavy atom. The van der Waals surface area contributed by atoms with Gasteiger partial charge in [-0.15, -0.1) is 22.7 Å². The van der Waals surface area contributed by atoms with E-state index >= 15 is 0 Å². The zero-order valence-corrected chi connectivity index (χ0v) is 9.70. The number of thiophene rings is 2. The normalized spacial score (nSPS) is 13.0. The molecule has 0 aromatic carbocycles. The third kappa shape index (κ3) is 1.90. The summed E-state index contributed by atoms with van der Waals surface area (Å²) in [7, 11) is 0. The lowest BCUT2D eigenvalue weighted by atomic mass is 10.2. The minimum atomic E-state index is 0.0697. The third-order valence-electron chi connectivity index (χ3n) is 2.19. The molecule has 0 aliphatic rings. The van der Waals surface area contributed by atoms with E-state index in [2.05, 4.69) is 30.5 Å². The van der Waals surface area contributed by atoms with Crippen LogP contribution in [0, 0.1) is 0 Å². The largest absolute Gasteiger partial charge is 0.319 e. The molecule has 14 heavy (non-hydrogen) atoms. The van der Waals surface area contributed by atoms with Crippen LogP contribution in [0.2, 0.25) is 0 Å². The van der Waals surface area contributed by atoms with Crippen molar-refractivity contribution in [2.45, 2.75) is 19.4 Å². The van der Waals surface area contributed by atoms with E-state index in [-0.39, 0.29) is 6.04 Å². The average molecular weight is 223 g/mol. The highest BCUT2D eigenvalue weighted by Gasteiger charge is 2.11. The van der Waals surface area contributed by atoms with Crippen LogP contribution < -0.4 is 5.73 Å². The lowest BCUT2D eigenvalue weighted by Gasteiger charge is -2.05. The van der Waals surface area contributed by atoms with Crippen molar-refractivity contribution in [1.29, 1.82) is 0 Å². The fourth-order valence-electron chi connectivity index (χ4n) is 1.36. The lowest BCUT2D eigenvalue weighted by Crippen LogP contribution is -2.07. The van der Waals surface area contributed by atoms with Gasteiger partial charge in [-0.05, 0) is 30.0 Å². The molecule has 0 radical (unpaired) electrons. The minimum absolute atomic E-state index is 0.0697. The number of nitrogens with two attached hydrogens (primary N) is 1. The van der Waals surface area contributed by atoms with Gasteiger partial charge in [0.2, 0.25) is 0 Å². The van der Waals surface area contributed by atoms with Gasteiger partial charge in [0.05, 0.1) is 6.04 Å². The van der Waals surface area contributed by atoms with Gasteiger partial charge in [-0.1, -0.05) is 13.0 Å². The van der Waals surface area contributed by atoms with Gasteiger partial charge < -0.3 is 5.73 Å². The second-order valence-electron chi connectivity index (χ2n) is 3.15. The Kier molecular flexibility index (Phi) is 3.01. The molecule has 2 N–H and O–H groups in total. The summed E-state index contributed by atoms with van der Waals surface area (Å²) < 4.78 is 0. The molecule has 0 aliphatic carbocycles. The molecule has 1 atom stereocenters. The first-order valence-corrected chi connectivity index (χ1v) is 6.38. The van der Waals surface area contributed by atoms with Crippen molar-refractivity contribution in [3.05, 3.63) is 44.3 Å². The Hall–Kier alpha value is -0.640. The Labute approximate surface area is 92.2 Å². The van der Waals surface area contributed by atoms with Crippen molar-refractivity contribution in [3.8, 4) is 0 Å². The maximum absolute atomic E-state index is 6.15. The van der Waals surface area contributed by atoms with Gasteiger partial charge in [-0.2, -0.15) is 0 Å². The predicted molar refractivity (Wildman–Crippen MR) is 64.0 cm³/mol.